The minimum absolute atomic E-state index is 0. The molecule has 4 amide bonds. The number of aldehydes is 1. The van der Waals surface area contributed by atoms with Crippen molar-refractivity contribution in [3.63, 3.8) is 0 Å². The highest BCUT2D eigenvalue weighted by Gasteiger charge is 2.41. The molecule has 0 rings (SSSR count). The van der Waals surface area contributed by atoms with Crippen LogP contribution in [0.25, 0.3) is 0 Å². The lowest BCUT2D eigenvalue weighted by Crippen LogP contribution is -2.41. The summed E-state index contributed by atoms with van der Waals surface area (Å²) in [6.07, 6.45) is -2.96. The molecule has 0 aromatic carbocycles. The zero-order chi connectivity index (χ0) is 36.2. The zero-order valence-electron chi connectivity index (χ0n) is 25.3. The first-order chi connectivity index (χ1) is 20.1. The third-order valence-electron chi connectivity index (χ3n) is 3.25. The van der Waals surface area contributed by atoms with Crippen molar-refractivity contribution in [3.8, 4) is 0 Å². The third-order valence-corrected chi connectivity index (χ3v) is 5.24. The number of carbonyl (C=O) groups excluding carboxylic acids is 7. The maximum atomic E-state index is 11.8. The lowest BCUT2D eigenvalue weighted by molar-refractivity contribution is -0.156. The standard InChI is InChI=1S/C7H14NO6P.C6H11NO4.C4H7NO4.C2H5NO.C2H2O3.CH4/c1-5(9)8-6(7(10)12-2)15(11,13-3)14-4;1-4(8)7-5(10-2)6(9)11-3;1-2(6)5-3(7)4(8)9;1-2(3)4;3-1-2(4)5;/h6H,1-4H3,(H,8,9);5H,1-3H3,(H,7,8);3,7H,1H3,(H,5,6)(H,8,9);1H3,(H2,3,4);1H,(H,4,5);1H4. The predicted octanol–water partition coefficient (Wildman–Crippen LogP) is -2.70. The lowest BCUT2D eigenvalue weighted by Gasteiger charge is -2.22. The number of aliphatic hydroxyl groups is 1. The van der Waals surface area contributed by atoms with Gasteiger partial charge in [-0.15, -0.1) is 0 Å². The van der Waals surface area contributed by atoms with Gasteiger partial charge in [-0.25, -0.2) is 19.2 Å². The van der Waals surface area contributed by atoms with Crippen LogP contribution in [0, 0.1) is 0 Å². The number of amides is 4. The molecule has 0 aromatic heterocycles. The molecule has 0 aliphatic carbocycles. The van der Waals surface area contributed by atoms with Gasteiger partial charge in [0, 0.05) is 49.0 Å². The van der Waals surface area contributed by atoms with Crippen molar-refractivity contribution in [2.45, 2.75) is 53.4 Å². The number of nitrogens with two attached hydrogens (primary N) is 1. The van der Waals surface area contributed by atoms with Gasteiger partial charge in [0.1, 0.15) is 0 Å². The summed E-state index contributed by atoms with van der Waals surface area (Å²) in [4.78, 5) is 90.1. The molecule has 8 N–H and O–H groups in total. The molecule has 23 heteroatoms. The van der Waals surface area contributed by atoms with Crippen molar-refractivity contribution >= 4 is 61.4 Å². The van der Waals surface area contributed by atoms with E-state index in [1.165, 1.54) is 35.0 Å². The number of hydrogen-bond acceptors (Lipinski definition) is 16. The number of carbonyl (C=O) groups is 9. The molecule has 0 fully saturated rings. The molecular weight excluding hydrogens is 639 g/mol. The van der Waals surface area contributed by atoms with Gasteiger partial charge >= 0.3 is 31.5 Å². The van der Waals surface area contributed by atoms with E-state index in [2.05, 4.69) is 39.6 Å². The van der Waals surface area contributed by atoms with Gasteiger partial charge in [-0.1, -0.05) is 7.43 Å². The number of carboxylic acid groups (broad SMARTS) is 2. The van der Waals surface area contributed by atoms with Crippen LogP contribution in [0.3, 0.4) is 0 Å². The Kier molecular flexibility index (Phi) is 36.5. The van der Waals surface area contributed by atoms with Gasteiger partial charge in [0.05, 0.1) is 14.2 Å². The van der Waals surface area contributed by atoms with Gasteiger partial charge < -0.3 is 60.3 Å². The van der Waals surface area contributed by atoms with Gasteiger partial charge in [-0.3, -0.25) is 28.5 Å². The van der Waals surface area contributed by atoms with E-state index in [9.17, 15) is 38.1 Å². The van der Waals surface area contributed by atoms with Crippen LogP contribution in [-0.4, -0.2) is 123 Å². The SMILES string of the molecule is C.CC(=O)NC(O)C(=O)O.CC(N)=O.COC(=O)C(NC(C)=O)OC.COC(=O)C(NC(C)=O)P(=O)(OC)OC.O=CC(=O)O. The number of aliphatic hydroxyl groups excluding tert-OH is 1. The van der Waals surface area contributed by atoms with Crippen molar-refractivity contribution < 1.29 is 86.3 Å². The lowest BCUT2D eigenvalue weighted by atomic mass is 10.5. The van der Waals surface area contributed by atoms with Crippen LogP contribution in [0.1, 0.15) is 35.1 Å². The molecule has 0 aliphatic heterocycles. The molecule has 45 heavy (non-hydrogen) atoms. The molecule has 0 aliphatic rings. The number of aliphatic carboxylic acids is 2. The monoisotopic (exact) mass is 682 g/mol. The smallest absolute Gasteiger partial charge is 0.368 e. The summed E-state index contributed by atoms with van der Waals surface area (Å²) in [5, 5.41) is 29.8. The van der Waals surface area contributed by atoms with Crippen molar-refractivity contribution in [3.05, 3.63) is 0 Å². The summed E-state index contributed by atoms with van der Waals surface area (Å²) >= 11 is 0. The molecule has 0 aromatic rings. The van der Waals surface area contributed by atoms with Gasteiger partial charge in [0.25, 0.3) is 0 Å². The van der Waals surface area contributed by atoms with Crippen LogP contribution in [0.15, 0.2) is 0 Å². The Hall–Kier alpha value is -4.50. The van der Waals surface area contributed by atoms with E-state index < -0.39 is 61.5 Å². The Bertz CT molecular complexity index is 994. The van der Waals surface area contributed by atoms with Crippen LogP contribution in [-0.2, 0) is 71.0 Å². The highest BCUT2D eigenvalue weighted by Crippen LogP contribution is 2.50. The first kappa shape index (κ1) is 53.1. The Morgan fingerprint density at radius 2 is 1.07 bits per heavy atom. The molecule has 3 atom stereocenters. The first-order valence-corrected chi connectivity index (χ1v) is 12.7. The number of methoxy groups -OCH3 is 3. The summed E-state index contributed by atoms with van der Waals surface area (Å²) in [6.45, 7) is 4.88. The Labute approximate surface area is 258 Å². The number of rotatable bonds is 11. The molecule has 0 saturated heterocycles. The predicted molar refractivity (Wildman–Crippen MR) is 151 cm³/mol. The van der Waals surface area contributed by atoms with E-state index in [1.54, 1.807) is 5.32 Å². The average molecular weight is 683 g/mol. The highest BCUT2D eigenvalue weighted by molar-refractivity contribution is 7.55. The second-order valence-electron chi connectivity index (χ2n) is 6.88. The summed E-state index contributed by atoms with van der Waals surface area (Å²) in [5.74, 6) is -7.66. The fourth-order valence-electron chi connectivity index (χ4n) is 1.62. The Morgan fingerprint density at radius 3 is 1.24 bits per heavy atom. The summed E-state index contributed by atoms with van der Waals surface area (Å²) in [5.41, 5.74) is 4.47. The summed E-state index contributed by atoms with van der Waals surface area (Å²) < 4.78 is 34.3. The molecule has 0 saturated carbocycles. The summed E-state index contributed by atoms with van der Waals surface area (Å²) in [7, 11) is 2.13. The zero-order valence-corrected chi connectivity index (χ0v) is 26.2. The van der Waals surface area contributed by atoms with Gasteiger partial charge in [-0.2, -0.15) is 0 Å². The van der Waals surface area contributed by atoms with Crippen LogP contribution in [0.4, 0.5) is 0 Å². The van der Waals surface area contributed by atoms with Crippen molar-refractivity contribution in [1.82, 2.24) is 16.0 Å². The minimum atomic E-state index is -3.72. The molecule has 0 heterocycles. The first-order valence-electron chi connectivity index (χ1n) is 11.1. The second kappa shape index (κ2) is 30.9. The normalized spacial score (nSPS) is 11.0. The van der Waals surface area contributed by atoms with Crippen molar-refractivity contribution in [2.24, 2.45) is 5.73 Å². The van der Waals surface area contributed by atoms with Gasteiger partial charge in [0.15, 0.2) is 0 Å². The van der Waals surface area contributed by atoms with E-state index in [4.69, 9.17) is 24.9 Å². The van der Waals surface area contributed by atoms with Crippen LogP contribution < -0.4 is 21.7 Å². The number of ether oxygens (including phenoxy) is 3. The molecule has 3 unspecified atom stereocenters. The largest absolute Gasteiger partial charge is 0.478 e. The molecule has 22 nitrogen and oxygen atoms in total. The minimum Gasteiger partial charge on any atom is -0.478 e. The van der Waals surface area contributed by atoms with Crippen LogP contribution in [0.5, 0.6) is 0 Å². The maximum absolute atomic E-state index is 11.8. The average Bonchev–Trinajstić information content (AvgIpc) is 2.93. The summed E-state index contributed by atoms with van der Waals surface area (Å²) in [6, 6.07) is 0. The number of esters is 2. The topological polar surface area (TPSA) is 340 Å². The number of carboxylic acids is 2. The molecule has 0 radical (unpaired) electrons. The van der Waals surface area contributed by atoms with Gasteiger partial charge in [0.2, 0.25) is 48.2 Å². The maximum Gasteiger partial charge on any atom is 0.368 e. The number of hydrogen-bond donors (Lipinski definition) is 7. The Balaban J connectivity index is -0.000000113. The van der Waals surface area contributed by atoms with Crippen LogP contribution in [0.2, 0.25) is 0 Å². The van der Waals surface area contributed by atoms with E-state index >= 15 is 0 Å². The van der Waals surface area contributed by atoms with E-state index in [-0.39, 0.29) is 25.5 Å². The van der Waals surface area contributed by atoms with E-state index in [0.717, 1.165) is 28.3 Å². The number of nitrogens with one attached hydrogen (secondary N) is 3. The molecule has 0 spiro atoms. The van der Waals surface area contributed by atoms with Crippen LogP contribution >= 0.6 is 7.60 Å². The van der Waals surface area contributed by atoms with Crippen molar-refractivity contribution in [1.29, 1.82) is 0 Å². The molecule has 264 valence electrons. The fourth-order valence-corrected chi connectivity index (χ4v) is 2.89. The quantitative estimate of drug-likeness (QED) is 0.0383. The van der Waals surface area contributed by atoms with E-state index in [1.807, 2.05) is 0 Å². The molecule has 0 bridgehead atoms. The third kappa shape index (κ3) is 35.6. The second-order valence-corrected chi connectivity index (χ2v) is 9.21. The molecular formula is C22H43N4O18P. The van der Waals surface area contributed by atoms with Gasteiger partial charge in [-0.05, 0) is 0 Å². The highest BCUT2D eigenvalue weighted by atomic mass is 31.2. The number of primary amides is 1. The Morgan fingerprint density at radius 1 is 0.733 bits per heavy atom. The van der Waals surface area contributed by atoms with E-state index in [0.29, 0.717) is 0 Å². The fraction of sp³-hybridized carbons (Fsp3) is 0.591. The van der Waals surface area contributed by atoms with Crippen molar-refractivity contribution in [2.75, 3.05) is 35.5 Å².